The third-order valence-corrected chi connectivity index (χ3v) is 4.55. The molecule has 0 saturated heterocycles. The van der Waals surface area contributed by atoms with Crippen LogP contribution < -0.4 is 10.1 Å². The van der Waals surface area contributed by atoms with Gasteiger partial charge in [0.1, 0.15) is 5.75 Å². The molecule has 1 heterocycles. The third-order valence-electron chi connectivity index (χ3n) is 4.32. The van der Waals surface area contributed by atoms with Gasteiger partial charge in [-0.3, -0.25) is 19.3 Å². The monoisotopic (exact) mass is 386 g/mol. The van der Waals surface area contributed by atoms with Gasteiger partial charge in [-0.1, -0.05) is 11.6 Å². The molecule has 0 saturated carbocycles. The summed E-state index contributed by atoms with van der Waals surface area (Å²) in [7, 11) is 1.44. The minimum absolute atomic E-state index is 0.184. The Morgan fingerprint density at radius 2 is 1.85 bits per heavy atom. The lowest BCUT2D eigenvalue weighted by atomic mass is 10.1. The molecule has 0 bridgehead atoms. The van der Waals surface area contributed by atoms with Crippen molar-refractivity contribution in [3.8, 4) is 5.75 Å². The summed E-state index contributed by atoms with van der Waals surface area (Å²) < 4.78 is 5.66. The van der Waals surface area contributed by atoms with Crippen LogP contribution in [0.3, 0.4) is 0 Å². The zero-order valence-corrected chi connectivity index (χ0v) is 15.8. The minimum atomic E-state index is -0.363. The fourth-order valence-corrected chi connectivity index (χ4v) is 3.08. The Balaban J connectivity index is 1.50. The maximum atomic E-state index is 12.1. The summed E-state index contributed by atoms with van der Waals surface area (Å²) in [4.78, 5) is 37.0. The van der Waals surface area contributed by atoms with E-state index in [2.05, 4.69) is 5.32 Å². The van der Waals surface area contributed by atoms with E-state index in [1.165, 1.54) is 13.1 Å². The number of carbonyl (C=O) groups excluding carboxylic acids is 3. The highest BCUT2D eigenvalue weighted by Crippen LogP contribution is 2.25. The first-order chi connectivity index (χ1) is 12.9. The highest BCUT2D eigenvalue weighted by Gasteiger charge is 2.32. The first-order valence-corrected chi connectivity index (χ1v) is 8.90. The lowest BCUT2D eigenvalue weighted by Gasteiger charge is -2.10. The van der Waals surface area contributed by atoms with Gasteiger partial charge >= 0.3 is 0 Å². The number of rotatable bonds is 6. The maximum Gasteiger partial charge on any atom is 0.261 e. The van der Waals surface area contributed by atoms with Crippen LogP contribution in [0.15, 0.2) is 36.4 Å². The molecule has 1 aliphatic heterocycles. The smallest absolute Gasteiger partial charge is 0.261 e. The van der Waals surface area contributed by atoms with Crippen LogP contribution in [0.5, 0.6) is 5.75 Å². The van der Waals surface area contributed by atoms with E-state index in [1.54, 1.807) is 24.3 Å². The van der Waals surface area contributed by atoms with Crippen LogP contribution in [0, 0.1) is 6.92 Å². The van der Waals surface area contributed by atoms with Crippen molar-refractivity contribution >= 4 is 35.0 Å². The lowest BCUT2D eigenvalue weighted by Crippen LogP contribution is -2.24. The van der Waals surface area contributed by atoms with Crippen molar-refractivity contribution < 1.29 is 19.1 Å². The van der Waals surface area contributed by atoms with Crippen LogP contribution in [-0.2, 0) is 4.79 Å². The van der Waals surface area contributed by atoms with Gasteiger partial charge < -0.3 is 10.1 Å². The molecule has 6 nitrogen and oxygen atoms in total. The van der Waals surface area contributed by atoms with Crippen LogP contribution in [0.1, 0.15) is 39.1 Å². The molecular weight excluding hydrogens is 368 g/mol. The van der Waals surface area contributed by atoms with Crippen LogP contribution in [0.25, 0.3) is 0 Å². The molecule has 0 atom stereocenters. The first kappa shape index (κ1) is 18.9. The SMILES string of the molecule is Cc1cc(Cl)ccc1OCCCC(=O)Nc1ccc2c(c1)C(=O)N(C)C2=O. The van der Waals surface area contributed by atoms with Crippen molar-refractivity contribution in [1.82, 2.24) is 4.90 Å². The quantitative estimate of drug-likeness (QED) is 0.607. The first-order valence-electron chi connectivity index (χ1n) is 8.52. The number of halogens is 1. The number of nitrogens with one attached hydrogen (secondary N) is 1. The van der Waals surface area contributed by atoms with Gasteiger partial charge in [0.05, 0.1) is 17.7 Å². The van der Waals surface area contributed by atoms with Gasteiger partial charge in [0.2, 0.25) is 5.91 Å². The van der Waals surface area contributed by atoms with Crippen molar-refractivity contribution in [3.63, 3.8) is 0 Å². The predicted octanol–water partition coefficient (Wildman–Crippen LogP) is 3.67. The van der Waals surface area contributed by atoms with E-state index in [0.717, 1.165) is 16.2 Å². The summed E-state index contributed by atoms with van der Waals surface area (Å²) in [5.74, 6) is -0.136. The summed E-state index contributed by atoms with van der Waals surface area (Å²) in [6.45, 7) is 2.31. The number of carbonyl (C=O) groups is 3. The van der Waals surface area contributed by atoms with Gasteiger partial charge in [0.15, 0.2) is 0 Å². The van der Waals surface area contributed by atoms with Gasteiger partial charge in [-0.15, -0.1) is 0 Å². The molecule has 27 heavy (non-hydrogen) atoms. The second-order valence-electron chi connectivity index (χ2n) is 6.34. The Bertz CT molecular complexity index is 926. The van der Waals surface area contributed by atoms with E-state index in [-0.39, 0.29) is 24.1 Å². The number of amides is 3. The summed E-state index contributed by atoms with van der Waals surface area (Å²) >= 11 is 5.91. The zero-order valence-electron chi connectivity index (χ0n) is 15.0. The van der Waals surface area contributed by atoms with Crippen molar-refractivity contribution in [1.29, 1.82) is 0 Å². The van der Waals surface area contributed by atoms with E-state index in [4.69, 9.17) is 16.3 Å². The Morgan fingerprint density at radius 3 is 2.59 bits per heavy atom. The van der Waals surface area contributed by atoms with Gasteiger partial charge in [-0.25, -0.2) is 0 Å². The third kappa shape index (κ3) is 4.11. The molecule has 0 spiro atoms. The molecule has 1 aliphatic rings. The fraction of sp³-hybridized carbons (Fsp3) is 0.250. The molecule has 0 unspecified atom stereocenters. The number of ether oxygens (including phenoxy) is 1. The second-order valence-corrected chi connectivity index (χ2v) is 6.78. The standard InChI is InChI=1S/C20H19ClN2O4/c1-12-10-13(21)5-8-17(12)27-9-3-4-18(24)22-14-6-7-15-16(11-14)20(26)23(2)19(15)25/h5-8,10-11H,3-4,9H2,1-2H3,(H,22,24). The fourth-order valence-electron chi connectivity index (χ4n) is 2.85. The summed E-state index contributed by atoms with van der Waals surface area (Å²) in [5.41, 5.74) is 2.09. The number of benzene rings is 2. The van der Waals surface area contributed by atoms with Crippen LogP contribution >= 0.6 is 11.6 Å². The minimum Gasteiger partial charge on any atom is -0.493 e. The average Bonchev–Trinajstić information content (AvgIpc) is 2.84. The molecule has 0 aliphatic carbocycles. The van der Waals surface area contributed by atoms with Crippen molar-refractivity contribution in [2.45, 2.75) is 19.8 Å². The highest BCUT2D eigenvalue weighted by atomic mass is 35.5. The normalized spacial score (nSPS) is 12.9. The molecule has 3 amide bonds. The van der Waals surface area contributed by atoms with Crippen molar-refractivity contribution in [2.24, 2.45) is 0 Å². The van der Waals surface area contributed by atoms with Gasteiger partial charge in [-0.2, -0.15) is 0 Å². The van der Waals surface area contributed by atoms with Crippen LogP contribution in [0.4, 0.5) is 5.69 Å². The van der Waals surface area contributed by atoms with Gasteiger partial charge in [0, 0.05) is 24.2 Å². The highest BCUT2D eigenvalue weighted by molar-refractivity contribution is 6.30. The number of aryl methyl sites for hydroxylation is 1. The second kappa shape index (κ2) is 7.80. The summed E-state index contributed by atoms with van der Waals surface area (Å²) in [6, 6.07) is 10.1. The number of fused-ring (bicyclic) bond motifs is 1. The average molecular weight is 387 g/mol. The molecule has 140 valence electrons. The molecule has 1 N–H and O–H groups in total. The van der Waals surface area contributed by atoms with E-state index in [1.807, 2.05) is 13.0 Å². The molecular formula is C20H19ClN2O4. The van der Waals surface area contributed by atoms with E-state index in [9.17, 15) is 14.4 Å². The Labute approximate surface area is 162 Å². The van der Waals surface area contributed by atoms with E-state index >= 15 is 0 Å². The zero-order chi connectivity index (χ0) is 19.6. The predicted molar refractivity (Wildman–Crippen MR) is 102 cm³/mol. The molecule has 3 rings (SSSR count). The number of imide groups is 1. The largest absolute Gasteiger partial charge is 0.493 e. The Hall–Kier alpha value is -2.86. The Kier molecular flexibility index (Phi) is 5.46. The number of hydrogen-bond acceptors (Lipinski definition) is 4. The lowest BCUT2D eigenvalue weighted by molar-refractivity contribution is -0.116. The molecule has 7 heteroatoms. The van der Waals surface area contributed by atoms with Crippen molar-refractivity contribution in [3.05, 3.63) is 58.1 Å². The Morgan fingerprint density at radius 1 is 1.11 bits per heavy atom. The van der Waals surface area contributed by atoms with E-state index < -0.39 is 0 Å². The molecule has 0 fully saturated rings. The van der Waals surface area contributed by atoms with E-state index in [0.29, 0.717) is 34.9 Å². The maximum absolute atomic E-state index is 12.1. The number of hydrogen-bond donors (Lipinski definition) is 1. The molecule has 0 aromatic heterocycles. The van der Waals surface area contributed by atoms with Gasteiger partial charge in [0.25, 0.3) is 11.8 Å². The molecule has 2 aromatic rings. The van der Waals surface area contributed by atoms with Crippen molar-refractivity contribution in [2.75, 3.05) is 19.0 Å². The number of anilines is 1. The van der Waals surface area contributed by atoms with Crippen LogP contribution in [-0.4, -0.2) is 36.3 Å². The number of nitrogens with zero attached hydrogens (tertiary/aromatic N) is 1. The summed E-state index contributed by atoms with van der Waals surface area (Å²) in [5, 5.41) is 3.40. The molecule has 0 radical (unpaired) electrons. The topological polar surface area (TPSA) is 75.7 Å². The van der Waals surface area contributed by atoms with Crippen LogP contribution in [0.2, 0.25) is 5.02 Å². The summed E-state index contributed by atoms with van der Waals surface area (Å²) in [6.07, 6.45) is 0.815. The molecule has 2 aromatic carbocycles. The van der Waals surface area contributed by atoms with Gasteiger partial charge in [-0.05, 0) is 55.3 Å².